The quantitative estimate of drug-likeness (QED) is 0.530. The van der Waals surface area contributed by atoms with E-state index in [1.807, 2.05) is 41.5 Å². The van der Waals surface area contributed by atoms with Crippen LogP contribution in [-0.2, 0) is 11.2 Å². The van der Waals surface area contributed by atoms with Crippen molar-refractivity contribution in [1.29, 1.82) is 0 Å². The van der Waals surface area contributed by atoms with Gasteiger partial charge in [-0.2, -0.15) is 0 Å². The molecule has 0 spiro atoms. The molecule has 0 saturated carbocycles. The molecule has 1 aromatic rings. The van der Waals surface area contributed by atoms with Crippen LogP contribution in [0.4, 0.5) is 0 Å². The molecule has 0 aliphatic heterocycles. The summed E-state index contributed by atoms with van der Waals surface area (Å²) in [5.41, 5.74) is 2.78. The number of carbonyl (C=O) groups is 1. The van der Waals surface area contributed by atoms with Gasteiger partial charge in [-0.3, -0.25) is 0 Å². The number of hydrogen-bond acceptors (Lipinski definition) is 1. The van der Waals surface area contributed by atoms with Crippen molar-refractivity contribution < 1.29 is 4.79 Å². The Kier molecular flexibility index (Phi) is 48.1. The van der Waals surface area contributed by atoms with Crippen molar-refractivity contribution in [2.45, 2.75) is 109 Å². The summed E-state index contributed by atoms with van der Waals surface area (Å²) in [6, 6.07) is 8.61. The van der Waals surface area contributed by atoms with Crippen LogP contribution in [0.2, 0.25) is 0 Å². The Hall–Kier alpha value is -1.11. The summed E-state index contributed by atoms with van der Waals surface area (Å²) in [7, 11) is 0. The Bertz CT molecular complexity index is 323. The Morgan fingerprint density at radius 3 is 1.48 bits per heavy atom. The predicted molar refractivity (Wildman–Crippen MR) is 121 cm³/mol. The minimum absolute atomic E-state index is 0.167. The van der Waals surface area contributed by atoms with Gasteiger partial charge < -0.3 is 4.79 Å². The van der Waals surface area contributed by atoms with E-state index in [0.29, 0.717) is 0 Å². The Balaban J connectivity index is -0.0000000733. The van der Waals surface area contributed by atoms with Crippen LogP contribution in [0.5, 0.6) is 0 Å². The van der Waals surface area contributed by atoms with E-state index in [-0.39, 0.29) is 5.78 Å². The number of hydrogen-bond donors (Lipinski definition) is 0. The van der Waals surface area contributed by atoms with Gasteiger partial charge in [0, 0.05) is 0 Å². The highest BCUT2D eigenvalue weighted by Crippen LogP contribution is 2.03. The Labute approximate surface area is 161 Å². The number of carbonyl (C=O) groups excluding carboxylic acids is 1. The molecule has 0 heterocycles. The molecule has 0 bridgehead atoms. The summed E-state index contributed by atoms with van der Waals surface area (Å²) in [5, 5.41) is 0. The number of rotatable bonds is 3. The van der Waals surface area contributed by atoms with Gasteiger partial charge in [0.25, 0.3) is 0 Å². The summed E-state index contributed by atoms with van der Waals surface area (Å²) < 4.78 is 0. The van der Waals surface area contributed by atoms with Crippen molar-refractivity contribution in [3.05, 3.63) is 35.4 Å². The van der Waals surface area contributed by atoms with Gasteiger partial charge in [-0.05, 0) is 38.7 Å². The summed E-state index contributed by atoms with van der Waals surface area (Å²) in [6.45, 7) is 26.1. The second-order valence-corrected chi connectivity index (χ2v) is 5.43. The van der Waals surface area contributed by atoms with Crippen LogP contribution in [0, 0.1) is 12.8 Å². The Morgan fingerprint density at radius 1 is 0.920 bits per heavy atom. The maximum Gasteiger partial charge on any atom is 0.126 e. The number of ketones is 1. The van der Waals surface area contributed by atoms with Gasteiger partial charge in [0.2, 0.25) is 0 Å². The molecule has 0 atom stereocenters. The normalized spacial score (nSPS) is 7.60. The van der Waals surface area contributed by atoms with Gasteiger partial charge in [-0.1, -0.05) is 112 Å². The maximum atomic E-state index is 9.44. The van der Waals surface area contributed by atoms with Crippen molar-refractivity contribution in [1.82, 2.24) is 0 Å². The average molecular weight is 355 g/mol. The van der Waals surface area contributed by atoms with Gasteiger partial charge in [-0.15, -0.1) is 0 Å². The molecule has 1 heteroatoms. The van der Waals surface area contributed by atoms with E-state index in [4.69, 9.17) is 0 Å². The van der Waals surface area contributed by atoms with Crippen molar-refractivity contribution in [3.63, 3.8) is 0 Å². The van der Waals surface area contributed by atoms with E-state index in [1.54, 1.807) is 0 Å². The van der Waals surface area contributed by atoms with Gasteiger partial charge in [0.15, 0.2) is 0 Å². The van der Waals surface area contributed by atoms with Gasteiger partial charge in [-0.25, -0.2) is 0 Å². The zero-order valence-corrected chi connectivity index (χ0v) is 19.9. The first-order chi connectivity index (χ1) is 11.8. The average Bonchev–Trinajstić information content (AvgIpc) is 2.60. The lowest BCUT2D eigenvalue weighted by molar-refractivity contribution is -0.114. The van der Waals surface area contributed by atoms with Crippen LogP contribution in [0.3, 0.4) is 0 Å². The zero-order valence-electron chi connectivity index (χ0n) is 19.9. The fraction of sp³-hybridized carbons (Fsp3) is 0.708. The van der Waals surface area contributed by atoms with E-state index < -0.39 is 0 Å². The van der Waals surface area contributed by atoms with E-state index in [0.717, 1.165) is 12.3 Å². The van der Waals surface area contributed by atoms with Crippen LogP contribution in [0.1, 0.15) is 107 Å². The van der Waals surface area contributed by atoms with E-state index in [1.165, 1.54) is 37.8 Å². The van der Waals surface area contributed by atoms with Crippen LogP contribution in [-0.4, -0.2) is 5.78 Å². The lowest BCUT2D eigenvalue weighted by Crippen LogP contribution is -1.81. The van der Waals surface area contributed by atoms with E-state index >= 15 is 0 Å². The fourth-order valence-corrected chi connectivity index (χ4v) is 1.51. The molecule has 0 amide bonds. The van der Waals surface area contributed by atoms with Gasteiger partial charge >= 0.3 is 0 Å². The molecule has 0 radical (unpaired) electrons. The summed E-state index contributed by atoms with van der Waals surface area (Å²) in [6.07, 6.45) is 3.85. The van der Waals surface area contributed by atoms with Crippen molar-refractivity contribution in [2.24, 2.45) is 5.92 Å². The molecule has 152 valence electrons. The standard InChI is InChI=1S/C9H12.C6H14.C3H6O.3C2H6/c1-3-9-6-4-5-8(2)7-9;1-4-5-6(2)3;1-3(2)4;3*1-2/h4-7H,3H2,1-2H3;6H,4-5H2,1-3H3;1-2H3;3*1-2H3. The first kappa shape index (κ1) is 35.1. The third kappa shape index (κ3) is 51.8. The first-order valence-corrected chi connectivity index (χ1v) is 10.4. The van der Waals surface area contributed by atoms with Crippen LogP contribution in [0.25, 0.3) is 0 Å². The molecule has 1 rings (SSSR count). The predicted octanol–water partition coefficient (Wildman–Crippen LogP) is 8.67. The highest BCUT2D eigenvalue weighted by Gasteiger charge is 1.86. The molecule has 1 nitrogen and oxygen atoms in total. The molecule has 0 N–H and O–H groups in total. The molecule has 0 aliphatic carbocycles. The lowest BCUT2D eigenvalue weighted by atomic mass is 10.1. The van der Waals surface area contributed by atoms with Gasteiger partial charge in [0.05, 0.1) is 0 Å². The molecule has 25 heavy (non-hydrogen) atoms. The van der Waals surface area contributed by atoms with Gasteiger partial charge in [0.1, 0.15) is 5.78 Å². The van der Waals surface area contributed by atoms with Crippen molar-refractivity contribution in [3.8, 4) is 0 Å². The maximum absolute atomic E-state index is 9.44. The summed E-state index contributed by atoms with van der Waals surface area (Å²) >= 11 is 0. The van der Waals surface area contributed by atoms with E-state index in [9.17, 15) is 4.79 Å². The van der Waals surface area contributed by atoms with Crippen molar-refractivity contribution in [2.75, 3.05) is 0 Å². The topological polar surface area (TPSA) is 17.1 Å². The number of Topliss-reactive ketones (excluding diaryl/α,β-unsaturated/α-hetero) is 1. The zero-order chi connectivity index (χ0) is 21.3. The molecule has 0 saturated heterocycles. The molecule has 0 unspecified atom stereocenters. The smallest absolute Gasteiger partial charge is 0.126 e. The summed E-state index contributed by atoms with van der Waals surface area (Å²) in [4.78, 5) is 9.44. The minimum atomic E-state index is 0.167. The monoisotopic (exact) mass is 354 g/mol. The largest absolute Gasteiger partial charge is 0.300 e. The first-order valence-electron chi connectivity index (χ1n) is 10.4. The third-order valence-corrected chi connectivity index (χ3v) is 2.36. The minimum Gasteiger partial charge on any atom is -0.300 e. The second-order valence-electron chi connectivity index (χ2n) is 5.43. The number of aryl methyl sites for hydroxylation is 2. The molecule has 0 fully saturated rings. The highest BCUT2D eigenvalue weighted by molar-refractivity contribution is 5.72. The molecule has 0 aliphatic rings. The Morgan fingerprint density at radius 2 is 1.32 bits per heavy atom. The summed E-state index contributed by atoms with van der Waals surface area (Å²) in [5.74, 6) is 1.06. The second kappa shape index (κ2) is 34.3. The highest BCUT2D eigenvalue weighted by atomic mass is 16.1. The third-order valence-electron chi connectivity index (χ3n) is 2.36. The van der Waals surface area contributed by atoms with Crippen LogP contribution in [0.15, 0.2) is 24.3 Å². The molecule has 0 aromatic heterocycles. The van der Waals surface area contributed by atoms with Crippen molar-refractivity contribution >= 4 is 5.78 Å². The fourth-order valence-electron chi connectivity index (χ4n) is 1.51. The van der Waals surface area contributed by atoms with Crippen LogP contribution < -0.4 is 0 Å². The lowest BCUT2D eigenvalue weighted by Gasteiger charge is -1.95. The number of benzene rings is 1. The molecular formula is C24H50O. The van der Waals surface area contributed by atoms with Crippen LogP contribution >= 0.6 is 0 Å². The SMILES string of the molecule is CC.CC.CC.CC(C)=O.CCCC(C)C.CCc1cccc(C)c1. The molecular weight excluding hydrogens is 304 g/mol. The van der Waals surface area contributed by atoms with E-state index in [2.05, 4.69) is 58.9 Å². The molecule has 1 aromatic carbocycles.